The Morgan fingerprint density at radius 2 is 1.32 bits per heavy atom. The lowest BCUT2D eigenvalue weighted by Crippen LogP contribution is -2.68. The highest BCUT2D eigenvalue weighted by Gasteiger charge is 2.51. The molecular formula is C32H48O4Si2. The highest BCUT2D eigenvalue weighted by molar-refractivity contribution is 6.99. The van der Waals surface area contributed by atoms with Crippen molar-refractivity contribution in [2.45, 2.75) is 84.7 Å². The van der Waals surface area contributed by atoms with Gasteiger partial charge in [0.1, 0.15) is 0 Å². The van der Waals surface area contributed by atoms with Crippen molar-refractivity contribution in [1.82, 2.24) is 0 Å². The number of carbonyl (C=O) groups excluding carboxylic acids is 1. The van der Waals surface area contributed by atoms with E-state index in [4.69, 9.17) is 13.6 Å². The van der Waals surface area contributed by atoms with Crippen molar-refractivity contribution < 1.29 is 18.4 Å². The lowest BCUT2D eigenvalue weighted by atomic mass is 10.0. The molecule has 208 valence electrons. The Labute approximate surface area is 233 Å². The summed E-state index contributed by atoms with van der Waals surface area (Å²) in [5, 5.41) is 2.21. The zero-order valence-corrected chi connectivity index (χ0v) is 27.3. The van der Waals surface area contributed by atoms with Gasteiger partial charge in [-0.2, -0.15) is 0 Å². The third kappa shape index (κ3) is 7.16. The number of esters is 1. The van der Waals surface area contributed by atoms with E-state index in [0.29, 0.717) is 0 Å². The fraction of sp³-hybridized carbons (Fsp3) is 0.469. The molecule has 38 heavy (non-hydrogen) atoms. The van der Waals surface area contributed by atoms with E-state index in [2.05, 4.69) is 116 Å². The van der Waals surface area contributed by atoms with Crippen LogP contribution in [0.4, 0.5) is 0 Å². The van der Waals surface area contributed by atoms with Crippen LogP contribution in [0.1, 0.15) is 55.4 Å². The highest BCUT2D eigenvalue weighted by Crippen LogP contribution is 2.40. The molecular weight excluding hydrogens is 505 g/mol. The van der Waals surface area contributed by atoms with Gasteiger partial charge in [0.15, 0.2) is 5.76 Å². The van der Waals surface area contributed by atoms with E-state index < -0.39 is 22.6 Å². The van der Waals surface area contributed by atoms with Gasteiger partial charge in [-0.1, -0.05) is 121 Å². The number of methoxy groups -OCH3 is 1. The molecule has 0 saturated heterocycles. The molecule has 0 spiro atoms. The van der Waals surface area contributed by atoms with Crippen molar-refractivity contribution in [3.8, 4) is 0 Å². The number of hydrogen-bond acceptors (Lipinski definition) is 4. The molecule has 2 aromatic carbocycles. The minimum Gasteiger partial charge on any atom is -0.539 e. The van der Waals surface area contributed by atoms with E-state index in [9.17, 15) is 4.79 Å². The number of hydrogen-bond donors (Lipinski definition) is 0. The molecule has 0 N–H and O–H groups in total. The summed E-state index contributed by atoms with van der Waals surface area (Å²) in [7, 11) is -3.67. The van der Waals surface area contributed by atoms with Crippen LogP contribution >= 0.6 is 0 Å². The van der Waals surface area contributed by atoms with Gasteiger partial charge in [0.2, 0.25) is 0 Å². The predicted octanol–water partition coefficient (Wildman–Crippen LogP) is 7.22. The Morgan fingerprint density at radius 3 is 1.68 bits per heavy atom. The first-order valence-corrected chi connectivity index (χ1v) is 18.3. The first kappa shape index (κ1) is 31.8. The maximum absolute atomic E-state index is 12.9. The van der Waals surface area contributed by atoms with Crippen LogP contribution < -0.4 is 10.4 Å². The Hall–Kier alpha value is -2.42. The Morgan fingerprint density at radius 1 is 0.842 bits per heavy atom. The number of allylic oxidation sites excluding steroid dienone is 1. The Balaban J connectivity index is 2.68. The Kier molecular flexibility index (Phi) is 10.6. The molecule has 2 atom stereocenters. The van der Waals surface area contributed by atoms with Gasteiger partial charge in [-0.3, -0.25) is 0 Å². The molecule has 0 aromatic heterocycles. The summed E-state index contributed by atoms with van der Waals surface area (Å²) >= 11 is 0. The van der Waals surface area contributed by atoms with Crippen LogP contribution in [0.2, 0.25) is 23.2 Å². The van der Waals surface area contributed by atoms with E-state index in [-0.39, 0.29) is 27.9 Å². The molecule has 0 aliphatic heterocycles. The molecule has 0 aliphatic rings. The minimum atomic E-state index is -2.80. The van der Waals surface area contributed by atoms with Gasteiger partial charge in [0.25, 0.3) is 16.6 Å². The predicted molar refractivity (Wildman–Crippen MR) is 165 cm³/mol. The molecule has 0 unspecified atom stereocenters. The average Bonchev–Trinajstić information content (AvgIpc) is 2.85. The van der Waals surface area contributed by atoms with Crippen molar-refractivity contribution in [2.24, 2.45) is 5.92 Å². The summed E-state index contributed by atoms with van der Waals surface area (Å²) in [4.78, 5) is 12.9. The monoisotopic (exact) mass is 552 g/mol. The zero-order chi connectivity index (χ0) is 28.8. The third-order valence-electron chi connectivity index (χ3n) is 7.60. The van der Waals surface area contributed by atoms with E-state index in [1.54, 1.807) is 0 Å². The summed E-state index contributed by atoms with van der Waals surface area (Å²) in [5.41, 5.74) is 0. The third-order valence-corrected chi connectivity index (χ3v) is 17.0. The standard InChI is InChI=1S/C32H48O4Si2/c1-12-19-28(25(2)24-29(30(33)34-9)35-37(10,11)31(3,4)5)36-38(32(6,7)8,26-20-15-13-16-21-26)27-22-17-14-18-23-27/h12-25,28H,1-11H3/b19-12-,29-24+/t25-,28-/m0/s1. The summed E-state index contributed by atoms with van der Waals surface area (Å²) < 4.78 is 19.0. The van der Waals surface area contributed by atoms with Gasteiger partial charge in [0.05, 0.1) is 13.2 Å². The molecule has 0 aliphatic carbocycles. The van der Waals surface area contributed by atoms with Gasteiger partial charge in [0, 0.05) is 5.92 Å². The number of rotatable bonds is 10. The summed E-state index contributed by atoms with van der Waals surface area (Å²) in [6.07, 6.45) is 5.74. The SMILES string of the molecule is C/C=C\[C@H](O[Si](c1ccccc1)(c1ccccc1)C(C)(C)C)[C@@H](C)/C=C(/O[Si](C)(C)C(C)(C)C)C(=O)OC. The van der Waals surface area contributed by atoms with Gasteiger partial charge in [-0.25, -0.2) is 4.79 Å². The normalized spacial score (nSPS) is 15.3. The summed E-state index contributed by atoms with van der Waals surface area (Å²) in [5.74, 6) is -0.329. The highest BCUT2D eigenvalue weighted by atomic mass is 28.4. The lowest BCUT2D eigenvalue weighted by molar-refractivity contribution is -0.138. The number of benzene rings is 2. The number of ether oxygens (including phenoxy) is 1. The average molecular weight is 553 g/mol. The summed E-state index contributed by atoms with van der Waals surface area (Å²) in [6, 6.07) is 21.2. The smallest absolute Gasteiger partial charge is 0.371 e. The van der Waals surface area contributed by atoms with Crippen LogP contribution in [0.5, 0.6) is 0 Å². The van der Waals surface area contributed by atoms with Crippen molar-refractivity contribution >= 4 is 33.0 Å². The van der Waals surface area contributed by atoms with Crippen LogP contribution in [0.25, 0.3) is 0 Å². The van der Waals surface area contributed by atoms with Gasteiger partial charge in [-0.05, 0) is 46.5 Å². The molecule has 0 radical (unpaired) electrons. The van der Waals surface area contributed by atoms with Crippen LogP contribution in [0, 0.1) is 5.92 Å². The van der Waals surface area contributed by atoms with Crippen molar-refractivity contribution in [1.29, 1.82) is 0 Å². The zero-order valence-electron chi connectivity index (χ0n) is 25.3. The molecule has 0 fully saturated rings. The van der Waals surface area contributed by atoms with Crippen LogP contribution in [-0.4, -0.2) is 35.8 Å². The van der Waals surface area contributed by atoms with E-state index in [1.165, 1.54) is 17.5 Å². The molecule has 0 saturated carbocycles. The molecule has 2 aromatic rings. The summed E-state index contributed by atoms with van der Waals surface area (Å²) in [6.45, 7) is 21.6. The van der Waals surface area contributed by atoms with Crippen molar-refractivity contribution in [3.05, 3.63) is 84.7 Å². The molecule has 0 bridgehead atoms. The molecule has 4 nitrogen and oxygen atoms in total. The first-order valence-electron chi connectivity index (χ1n) is 13.5. The van der Waals surface area contributed by atoms with Crippen molar-refractivity contribution in [2.75, 3.05) is 7.11 Å². The van der Waals surface area contributed by atoms with Gasteiger partial charge >= 0.3 is 5.97 Å². The van der Waals surface area contributed by atoms with E-state index >= 15 is 0 Å². The fourth-order valence-corrected chi connectivity index (χ4v) is 10.1. The second kappa shape index (κ2) is 12.6. The van der Waals surface area contributed by atoms with Gasteiger partial charge in [-0.15, -0.1) is 0 Å². The Bertz CT molecular complexity index is 1050. The maximum Gasteiger partial charge on any atom is 0.371 e. The van der Waals surface area contributed by atoms with Gasteiger partial charge < -0.3 is 13.6 Å². The fourth-order valence-electron chi connectivity index (χ4n) is 4.41. The topological polar surface area (TPSA) is 44.8 Å². The van der Waals surface area contributed by atoms with E-state index in [0.717, 1.165) is 0 Å². The van der Waals surface area contributed by atoms with Crippen LogP contribution in [0.3, 0.4) is 0 Å². The lowest BCUT2D eigenvalue weighted by Gasteiger charge is -2.45. The number of carbonyl (C=O) groups is 1. The first-order chi connectivity index (χ1) is 17.6. The minimum absolute atomic E-state index is 0.0580. The van der Waals surface area contributed by atoms with E-state index in [1.807, 2.05) is 31.2 Å². The second-order valence-corrected chi connectivity index (χ2v) is 21.5. The largest absolute Gasteiger partial charge is 0.539 e. The maximum atomic E-state index is 12.9. The van der Waals surface area contributed by atoms with Crippen LogP contribution in [0.15, 0.2) is 84.7 Å². The van der Waals surface area contributed by atoms with Crippen LogP contribution in [-0.2, 0) is 18.4 Å². The molecule has 2 rings (SSSR count). The molecule has 0 amide bonds. The van der Waals surface area contributed by atoms with Crippen molar-refractivity contribution in [3.63, 3.8) is 0 Å². The molecule has 0 heterocycles. The second-order valence-electron chi connectivity index (χ2n) is 12.5. The molecule has 6 heteroatoms. The quantitative estimate of drug-likeness (QED) is 0.103.